The number of hydrogen-bond acceptors (Lipinski definition) is 5. The molecule has 8 rings (SSSR count). The van der Waals surface area contributed by atoms with Crippen LogP contribution in [-0.2, 0) is 13.0 Å². The number of likely N-dealkylation sites (N-methyl/N-ethyl adjacent to an activating group) is 1. The lowest BCUT2D eigenvalue weighted by Gasteiger charge is -2.41. The Labute approximate surface area is 311 Å². The molecule has 4 aromatic carbocycles. The number of benzene rings is 4. The molecule has 0 bridgehead atoms. The summed E-state index contributed by atoms with van der Waals surface area (Å²) in [5.41, 5.74) is 7.36. The van der Waals surface area contributed by atoms with Crippen LogP contribution in [0.4, 0.5) is 11.4 Å². The van der Waals surface area contributed by atoms with E-state index in [2.05, 4.69) is 60.9 Å². The average molecular weight is 758 g/mol. The highest BCUT2D eigenvalue weighted by molar-refractivity contribution is 9.10. The summed E-state index contributed by atoms with van der Waals surface area (Å²) in [7, 11) is 2.16. The third-order valence-corrected chi connectivity index (χ3v) is 11.0. The fourth-order valence-electron chi connectivity index (χ4n) is 7.60. The number of aromatic nitrogens is 2. The largest absolute Gasteiger partial charge is 0.508 e. The van der Waals surface area contributed by atoms with Gasteiger partial charge in [-0.3, -0.25) is 19.4 Å². The van der Waals surface area contributed by atoms with Crippen molar-refractivity contribution in [3.05, 3.63) is 142 Å². The molecule has 4 heterocycles. The standard InChI is InChI=1S/C42H41BrN6O3/c1-28-21-32(41(51)49(34-8-11-37(50)12-9-34)35-10-14-39-30(23-35)15-16-44-39)26-47(28)40-24-33(43)7-13-38(40)42(52)48-25-31-6-4-3-5-29(31)22-36(48)27-46-19-17-45(2)18-20-46/h3-16,21,23-24,26,36,44,50H,17-20,22,25,27H2,1-2H3/t36-/m0/s1. The number of phenolic OH excluding ortho intramolecular Hbond substituents is 1. The number of fused-ring (bicyclic) bond motifs is 2. The van der Waals surface area contributed by atoms with Crippen LogP contribution in [-0.4, -0.2) is 87.0 Å². The monoisotopic (exact) mass is 756 g/mol. The Morgan fingerprint density at radius 3 is 2.42 bits per heavy atom. The molecular weight excluding hydrogens is 716 g/mol. The second kappa shape index (κ2) is 14.1. The molecule has 0 radical (unpaired) electrons. The molecule has 10 heteroatoms. The number of hydrogen-bond donors (Lipinski definition) is 2. The fraction of sp³-hybridized carbons (Fsp3) is 0.238. The summed E-state index contributed by atoms with van der Waals surface area (Å²) < 4.78 is 2.78. The second-order valence-electron chi connectivity index (χ2n) is 14.0. The van der Waals surface area contributed by atoms with E-state index in [4.69, 9.17) is 0 Å². The first-order valence-electron chi connectivity index (χ1n) is 17.7. The molecule has 0 saturated carbocycles. The number of anilines is 2. The van der Waals surface area contributed by atoms with Crippen molar-refractivity contribution >= 4 is 50.0 Å². The minimum Gasteiger partial charge on any atom is -0.508 e. The first-order chi connectivity index (χ1) is 25.2. The maximum Gasteiger partial charge on any atom is 0.264 e. The van der Waals surface area contributed by atoms with Gasteiger partial charge in [-0.05, 0) is 104 Å². The van der Waals surface area contributed by atoms with Gasteiger partial charge in [0, 0.05) is 90.1 Å². The topological polar surface area (TPSA) is 88.0 Å². The van der Waals surface area contributed by atoms with E-state index in [1.165, 1.54) is 11.1 Å². The summed E-state index contributed by atoms with van der Waals surface area (Å²) >= 11 is 3.66. The lowest BCUT2D eigenvalue weighted by molar-refractivity contribution is 0.0535. The van der Waals surface area contributed by atoms with Crippen LogP contribution in [0, 0.1) is 6.92 Å². The molecule has 0 aliphatic carbocycles. The van der Waals surface area contributed by atoms with E-state index in [9.17, 15) is 14.7 Å². The lowest BCUT2D eigenvalue weighted by atomic mass is 9.92. The number of H-pyrrole nitrogens is 1. The predicted octanol–water partition coefficient (Wildman–Crippen LogP) is 7.53. The Kier molecular flexibility index (Phi) is 9.21. The van der Waals surface area contributed by atoms with Crippen molar-refractivity contribution in [1.29, 1.82) is 0 Å². The van der Waals surface area contributed by atoms with Crippen molar-refractivity contribution in [3.8, 4) is 11.4 Å². The van der Waals surface area contributed by atoms with Crippen molar-refractivity contribution in [1.82, 2.24) is 24.3 Å². The van der Waals surface area contributed by atoms with E-state index < -0.39 is 0 Å². The van der Waals surface area contributed by atoms with Crippen molar-refractivity contribution in [2.24, 2.45) is 0 Å². The van der Waals surface area contributed by atoms with Crippen LogP contribution in [0.25, 0.3) is 16.6 Å². The van der Waals surface area contributed by atoms with Crippen LogP contribution in [0.5, 0.6) is 5.75 Å². The smallest absolute Gasteiger partial charge is 0.264 e. The molecule has 264 valence electrons. The SMILES string of the molecule is Cc1cc(C(=O)N(c2ccc(O)cc2)c2ccc3[nH]ccc3c2)cn1-c1cc(Br)ccc1C(=O)N1Cc2ccccc2C[C@H]1CN1CCN(C)CC1. The van der Waals surface area contributed by atoms with E-state index in [1.54, 1.807) is 29.2 Å². The van der Waals surface area contributed by atoms with Gasteiger partial charge in [-0.2, -0.15) is 0 Å². The Bertz CT molecular complexity index is 2270. The van der Waals surface area contributed by atoms with Crippen molar-refractivity contribution in [2.45, 2.75) is 25.9 Å². The van der Waals surface area contributed by atoms with Crippen LogP contribution in [0.1, 0.15) is 37.5 Å². The van der Waals surface area contributed by atoms with E-state index in [0.717, 1.165) is 60.2 Å². The molecule has 6 aromatic rings. The highest BCUT2D eigenvalue weighted by atomic mass is 79.9. The Morgan fingerprint density at radius 1 is 0.885 bits per heavy atom. The maximum absolute atomic E-state index is 14.8. The fourth-order valence-corrected chi connectivity index (χ4v) is 7.95. The first-order valence-corrected chi connectivity index (χ1v) is 18.5. The summed E-state index contributed by atoms with van der Waals surface area (Å²) in [6, 6.07) is 30.6. The molecule has 2 amide bonds. The van der Waals surface area contributed by atoms with Crippen molar-refractivity contribution in [3.63, 3.8) is 0 Å². The molecule has 2 aromatic heterocycles. The number of phenols is 1. The van der Waals surface area contributed by atoms with Gasteiger partial charge in [0.2, 0.25) is 0 Å². The molecular formula is C42H41BrN6O3. The summed E-state index contributed by atoms with van der Waals surface area (Å²) in [5, 5.41) is 11.0. The molecule has 52 heavy (non-hydrogen) atoms. The number of halogens is 1. The number of nitrogens with zero attached hydrogens (tertiary/aromatic N) is 5. The zero-order valence-electron chi connectivity index (χ0n) is 29.3. The Morgan fingerprint density at radius 2 is 1.63 bits per heavy atom. The minimum atomic E-state index is -0.231. The van der Waals surface area contributed by atoms with Gasteiger partial charge in [0.25, 0.3) is 11.8 Å². The van der Waals surface area contributed by atoms with Gasteiger partial charge in [0.05, 0.1) is 16.8 Å². The van der Waals surface area contributed by atoms with Crippen LogP contribution in [0.15, 0.2) is 114 Å². The number of amides is 2. The molecule has 0 spiro atoms. The number of rotatable bonds is 7. The number of carbonyl (C=O) groups excluding carboxylic acids is 2. The number of aromatic hydroxyl groups is 1. The van der Waals surface area contributed by atoms with Crippen LogP contribution in [0.3, 0.4) is 0 Å². The number of nitrogens with one attached hydrogen (secondary N) is 1. The van der Waals surface area contributed by atoms with Gasteiger partial charge in [-0.15, -0.1) is 0 Å². The lowest BCUT2D eigenvalue weighted by Crippen LogP contribution is -2.53. The van der Waals surface area contributed by atoms with E-state index in [-0.39, 0.29) is 23.6 Å². The van der Waals surface area contributed by atoms with Crippen LogP contribution >= 0.6 is 15.9 Å². The molecule has 1 atom stereocenters. The molecule has 2 N–H and O–H groups in total. The zero-order chi connectivity index (χ0) is 35.9. The summed E-state index contributed by atoms with van der Waals surface area (Å²) in [6.07, 6.45) is 4.51. The molecule has 1 saturated heterocycles. The highest BCUT2D eigenvalue weighted by Crippen LogP contribution is 2.34. The van der Waals surface area contributed by atoms with Crippen molar-refractivity contribution in [2.75, 3.05) is 44.7 Å². The summed E-state index contributed by atoms with van der Waals surface area (Å²) in [6.45, 7) is 7.34. The van der Waals surface area contributed by atoms with Crippen LogP contribution < -0.4 is 4.90 Å². The molecule has 1 fully saturated rings. The second-order valence-corrected chi connectivity index (χ2v) is 14.9. The number of aryl methyl sites for hydroxylation is 1. The number of piperazine rings is 1. The quantitative estimate of drug-likeness (QED) is 0.176. The maximum atomic E-state index is 14.8. The molecule has 0 unspecified atom stereocenters. The third kappa shape index (κ3) is 6.65. The Balaban J connectivity index is 1.15. The predicted molar refractivity (Wildman–Crippen MR) is 209 cm³/mol. The number of aromatic amines is 1. The van der Waals surface area contributed by atoms with Gasteiger partial charge >= 0.3 is 0 Å². The normalized spacial score (nSPS) is 16.6. The minimum absolute atomic E-state index is 0.0253. The number of carbonyl (C=O) groups is 2. The molecule has 2 aliphatic rings. The molecule has 2 aliphatic heterocycles. The summed E-state index contributed by atoms with van der Waals surface area (Å²) in [5.74, 6) is -0.137. The first kappa shape index (κ1) is 34.0. The van der Waals surface area contributed by atoms with E-state index in [0.29, 0.717) is 34.7 Å². The van der Waals surface area contributed by atoms with Gasteiger partial charge < -0.3 is 24.5 Å². The zero-order valence-corrected chi connectivity index (χ0v) is 30.9. The average Bonchev–Trinajstić information content (AvgIpc) is 3.79. The van der Waals surface area contributed by atoms with Crippen molar-refractivity contribution < 1.29 is 14.7 Å². The van der Waals surface area contributed by atoms with Gasteiger partial charge in [-0.25, -0.2) is 0 Å². The van der Waals surface area contributed by atoms with Gasteiger partial charge in [0.15, 0.2) is 0 Å². The Hall–Kier alpha value is -5.16. The van der Waals surface area contributed by atoms with Gasteiger partial charge in [-0.1, -0.05) is 40.2 Å². The molecule has 9 nitrogen and oxygen atoms in total. The third-order valence-electron chi connectivity index (χ3n) is 10.5. The van der Waals surface area contributed by atoms with Gasteiger partial charge in [0.1, 0.15) is 5.75 Å². The highest BCUT2D eigenvalue weighted by Gasteiger charge is 2.34. The van der Waals surface area contributed by atoms with E-state index >= 15 is 0 Å². The van der Waals surface area contributed by atoms with Crippen LogP contribution in [0.2, 0.25) is 0 Å². The van der Waals surface area contributed by atoms with E-state index in [1.807, 2.05) is 78.5 Å². The summed E-state index contributed by atoms with van der Waals surface area (Å²) in [4.78, 5) is 41.2.